The van der Waals surface area contributed by atoms with Crippen LogP contribution in [-0.4, -0.2) is 22.2 Å². The molecule has 0 heterocycles. The maximum atomic E-state index is 9.64. The predicted molar refractivity (Wildman–Crippen MR) is 61.0 cm³/mol. The molecule has 1 aromatic carbocycles. The van der Waals surface area contributed by atoms with Crippen LogP contribution in [0.2, 0.25) is 0 Å². The fourth-order valence-corrected chi connectivity index (χ4v) is 0.803. The van der Waals surface area contributed by atoms with Gasteiger partial charge < -0.3 is 10.2 Å². The molecule has 0 fully saturated rings. The Labute approximate surface area is 93.8 Å². The molecule has 0 saturated carbocycles. The predicted octanol–water partition coefficient (Wildman–Crippen LogP) is 2.27. The molecule has 0 radical (unpaired) electrons. The minimum Gasteiger partial charge on any atom is -0.481 e. The van der Waals surface area contributed by atoms with E-state index in [1.54, 1.807) is 0 Å². The molecule has 0 aliphatic rings. The number of carboxylic acids is 2. The van der Waals surface area contributed by atoms with Crippen LogP contribution < -0.4 is 0 Å². The van der Waals surface area contributed by atoms with Crippen molar-refractivity contribution in [1.29, 1.82) is 0 Å². The molecular formula is C12H14O4. The van der Waals surface area contributed by atoms with Gasteiger partial charge in [0, 0.05) is 0 Å². The fraction of sp³-hybridized carbons (Fsp3) is 0.167. The van der Waals surface area contributed by atoms with Crippen molar-refractivity contribution in [2.24, 2.45) is 0 Å². The van der Waals surface area contributed by atoms with Crippen molar-refractivity contribution in [1.82, 2.24) is 0 Å². The van der Waals surface area contributed by atoms with Gasteiger partial charge >= 0.3 is 11.9 Å². The molecule has 0 bridgehead atoms. The summed E-state index contributed by atoms with van der Waals surface area (Å²) in [6.07, 6.45) is 1.24. The summed E-state index contributed by atoms with van der Waals surface area (Å²) in [5, 5.41) is 15.8. The van der Waals surface area contributed by atoms with Gasteiger partial charge in [0.05, 0.1) is 12.8 Å². The van der Waals surface area contributed by atoms with E-state index in [4.69, 9.17) is 10.2 Å². The van der Waals surface area contributed by atoms with E-state index in [-0.39, 0.29) is 12.8 Å². The lowest BCUT2D eigenvalue weighted by Crippen LogP contribution is -2.00. The molecule has 0 aliphatic heterocycles. The van der Waals surface area contributed by atoms with Crippen molar-refractivity contribution in [2.45, 2.75) is 12.8 Å². The second-order valence-corrected chi connectivity index (χ2v) is 2.90. The van der Waals surface area contributed by atoms with Gasteiger partial charge in [-0.2, -0.15) is 0 Å². The van der Waals surface area contributed by atoms with Crippen molar-refractivity contribution in [3.63, 3.8) is 0 Å². The van der Waals surface area contributed by atoms with Crippen LogP contribution in [0.15, 0.2) is 36.9 Å². The molecule has 0 amide bonds. The molecular weight excluding hydrogens is 208 g/mol. The Morgan fingerprint density at radius 3 is 1.75 bits per heavy atom. The van der Waals surface area contributed by atoms with Crippen LogP contribution in [0.3, 0.4) is 0 Å². The molecule has 0 atom stereocenters. The first-order valence-electron chi connectivity index (χ1n) is 4.67. The maximum Gasteiger partial charge on any atom is 0.303 e. The number of hydrogen-bond acceptors (Lipinski definition) is 2. The summed E-state index contributed by atoms with van der Waals surface area (Å²) in [5.41, 5.74) is 1.17. The Morgan fingerprint density at radius 2 is 1.50 bits per heavy atom. The number of rotatable bonds is 4. The van der Waals surface area contributed by atoms with E-state index in [0.717, 1.165) is 0 Å². The summed E-state index contributed by atoms with van der Waals surface area (Å²) in [6, 6.07) is 10.0. The Balaban J connectivity index is 0.000000281. The first kappa shape index (κ1) is 13.9. The average Bonchev–Trinajstić information content (AvgIpc) is 2.28. The molecule has 0 aromatic heterocycles. The van der Waals surface area contributed by atoms with Gasteiger partial charge in [-0.3, -0.25) is 9.59 Å². The highest BCUT2D eigenvalue weighted by atomic mass is 16.4. The van der Waals surface area contributed by atoms with Crippen LogP contribution in [0.4, 0.5) is 0 Å². The summed E-state index contributed by atoms with van der Waals surface area (Å²) in [5.74, 6) is -2.15. The maximum absolute atomic E-state index is 9.64. The van der Waals surface area contributed by atoms with E-state index < -0.39 is 11.9 Å². The van der Waals surface area contributed by atoms with E-state index in [1.807, 2.05) is 36.4 Å². The zero-order valence-corrected chi connectivity index (χ0v) is 8.80. The molecule has 1 rings (SSSR count). The van der Waals surface area contributed by atoms with Gasteiger partial charge in [0.1, 0.15) is 0 Å². The van der Waals surface area contributed by atoms with Gasteiger partial charge in [-0.1, -0.05) is 43.0 Å². The van der Waals surface area contributed by atoms with E-state index in [1.165, 1.54) is 5.56 Å². The molecule has 4 nitrogen and oxygen atoms in total. The molecule has 86 valence electrons. The standard InChI is InChI=1S/C8H8.C4H6O4/c1-2-8-6-4-3-5-7-8;5-3(6)1-2-4(7)8/h2-7H,1H2;1-2H2,(H,5,6)(H,7,8). The summed E-state index contributed by atoms with van der Waals surface area (Å²) in [4.78, 5) is 19.3. The van der Waals surface area contributed by atoms with Crippen molar-refractivity contribution < 1.29 is 19.8 Å². The number of carbonyl (C=O) groups is 2. The lowest BCUT2D eigenvalue weighted by Gasteiger charge is -1.85. The monoisotopic (exact) mass is 222 g/mol. The lowest BCUT2D eigenvalue weighted by molar-refractivity contribution is -0.143. The molecule has 1 aromatic rings. The van der Waals surface area contributed by atoms with Crippen LogP contribution in [0.5, 0.6) is 0 Å². The smallest absolute Gasteiger partial charge is 0.303 e. The zero-order chi connectivity index (χ0) is 12.4. The van der Waals surface area contributed by atoms with E-state index in [9.17, 15) is 9.59 Å². The summed E-state index contributed by atoms with van der Waals surface area (Å²) in [6.45, 7) is 3.63. The van der Waals surface area contributed by atoms with Crippen LogP contribution in [0, 0.1) is 0 Å². The third kappa shape index (κ3) is 8.50. The molecule has 0 aliphatic carbocycles. The average molecular weight is 222 g/mol. The summed E-state index contributed by atoms with van der Waals surface area (Å²) >= 11 is 0. The van der Waals surface area contributed by atoms with Gasteiger partial charge in [0.15, 0.2) is 0 Å². The molecule has 0 unspecified atom stereocenters. The van der Waals surface area contributed by atoms with Crippen molar-refractivity contribution >= 4 is 18.0 Å². The molecule has 16 heavy (non-hydrogen) atoms. The first-order valence-corrected chi connectivity index (χ1v) is 4.67. The van der Waals surface area contributed by atoms with Crippen molar-refractivity contribution in [2.75, 3.05) is 0 Å². The Hall–Kier alpha value is -2.10. The third-order valence-corrected chi connectivity index (χ3v) is 1.59. The Morgan fingerprint density at radius 1 is 1.06 bits per heavy atom. The van der Waals surface area contributed by atoms with E-state index in [0.29, 0.717) is 0 Å². The van der Waals surface area contributed by atoms with E-state index >= 15 is 0 Å². The van der Waals surface area contributed by atoms with Crippen LogP contribution in [0.25, 0.3) is 6.08 Å². The fourth-order valence-electron chi connectivity index (χ4n) is 0.803. The Bertz CT molecular complexity index is 329. The van der Waals surface area contributed by atoms with Gasteiger partial charge in [0.2, 0.25) is 0 Å². The van der Waals surface area contributed by atoms with Gasteiger partial charge in [0.25, 0.3) is 0 Å². The minimum atomic E-state index is -1.08. The van der Waals surface area contributed by atoms with Crippen LogP contribution in [-0.2, 0) is 9.59 Å². The third-order valence-electron chi connectivity index (χ3n) is 1.59. The number of benzene rings is 1. The van der Waals surface area contributed by atoms with Crippen molar-refractivity contribution in [3.8, 4) is 0 Å². The molecule has 0 spiro atoms. The van der Waals surface area contributed by atoms with Gasteiger partial charge in [-0.05, 0) is 5.56 Å². The number of carboxylic acid groups (broad SMARTS) is 2. The van der Waals surface area contributed by atoms with Gasteiger partial charge in [-0.25, -0.2) is 0 Å². The molecule has 4 heteroatoms. The second kappa shape index (κ2) is 8.23. The number of aliphatic carboxylic acids is 2. The molecule has 0 saturated heterocycles. The van der Waals surface area contributed by atoms with Crippen molar-refractivity contribution in [3.05, 3.63) is 42.5 Å². The summed E-state index contributed by atoms with van der Waals surface area (Å²) in [7, 11) is 0. The highest BCUT2D eigenvalue weighted by Gasteiger charge is 2.00. The quantitative estimate of drug-likeness (QED) is 0.819. The highest BCUT2D eigenvalue weighted by Crippen LogP contribution is 1.97. The second-order valence-electron chi connectivity index (χ2n) is 2.90. The van der Waals surface area contributed by atoms with E-state index in [2.05, 4.69) is 6.58 Å². The van der Waals surface area contributed by atoms with Gasteiger partial charge in [-0.15, -0.1) is 0 Å². The minimum absolute atomic E-state index is 0.296. The topological polar surface area (TPSA) is 74.6 Å². The Kier molecular flexibility index (Phi) is 7.15. The number of hydrogen-bond donors (Lipinski definition) is 2. The van der Waals surface area contributed by atoms with Crippen LogP contribution in [0.1, 0.15) is 18.4 Å². The highest BCUT2D eigenvalue weighted by molar-refractivity contribution is 5.75. The first-order chi connectivity index (χ1) is 7.56. The normalized spacial score (nSPS) is 8.50. The largest absolute Gasteiger partial charge is 0.481 e. The molecule has 2 N–H and O–H groups in total. The SMILES string of the molecule is C=Cc1ccccc1.O=C(O)CCC(=O)O. The summed E-state index contributed by atoms with van der Waals surface area (Å²) < 4.78 is 0. The lowest BCUT2D eigenvalue weighted by atomic mass is 10.2. The van der Waals surface area contributed by atoms with Crippen LogP contribution >= 0.6 is 0 Å². The zero-order valence-electron chi connectivity index (χ0n) is 8.80.